The molecule has 0 atom stereocenters. The van der Waals surface area contributed by atoms with Crippen molar-refractivity contribution in [1.29, 1.82) is 0 Å². The lowest BCUT2D eigenvalue weighted by molar-refractivity contribution is 0.0527. The van der Waals surface area contributed by atoms with Gasteiger partial charge >= 0.3 is 5.97 Å². The maximum Gasteiger partial charge on any atom is 0.340 e. The van der Waals surface area contributed by atoms with Gasteiger partial charge in [0.2, 0.25) is 0 Å². The van der Waals surface area contributed by atoms with Crippen LogP contribution in [-0.4, -0.2) is 17.1 Å². The third-order valence-corrected chi connectivity index (χ3v) is 2.54. The summed E-state index contributed by atoms with van der Waals surface area (Å²) in [5.41, 5.74) is 2.54. The monoisotopic (exact) mass is 229 g/mol. The maximum atomic E-state index is 11.8. The second-order valence-corrected chi connectivity index (χ2v) is 3.84. The van der Waals surface area contributed by atoms with Crippen LogP contribution in [0.5, 0.6) is 0 Å². The van der Waals surface area contributed by atoms with Crippen molar-refractivity contribution >= 4 is 5.97 Å². The molecule has 0 saturated carbocycles. The third-order valence-electron chi connectivity index (χ3n) is 2.54. The van der Waals surface area contributed by atoms with Crippen molar-refractivity contribution in [2.24, 2.45) is 7.05 Å². The Morgan fingerprint density at radius 3 is 2.59 bits per heavy atom. The van der Waals surface area contributed by atoms with Gasteiger partial charge in [0.05, 0.1) is 12.2 Å². The van der Waals surface area contributed by atoms with E-state index in [1.807, 2.05) is 55.1 Å². The predicted octanol–water partition coefficient (Wildman–Crippen LogP) is 2.87. The van der Waals surface area contributed by atoms with E-state index in [4.69, 9.17) is 4.74 Å². The van der Waals surface area contributed by atoms with Crippen molar-refractivity contribution < 1.29 is 9.53 Å². The molecule has 3 nitrogen and oxygen atoms in total. The first-order valence-electron chi connectivity index (χ1n) is 5.61. The van der Waals surface area contributed by atoms with Crippen LogP contribution in [-0.2, 0) is 11.8 Å². The fraction of sp³-hybridized carbons (Fsp3) is 0.214. The lowest BCUT2D eigenvalue weighted by atomic mass is 10.1. The van der Waals surface area contributed by atoms with Crippen LogP contribution in [0.3, 0.4) is 0 Å². The first-order valence-corrected chi connectivity index (χ1v) is 5.61. The molecule has 0 aliphatic carbocycles. The van der Waals surface area contributed by atoms with E-state index in [0.29, 0.717) is 12.2 Å². The summed E-state index contributed by atoms with van der Waals surface area (Å²) in [4.78, 5) is 11.8. The Bertz CT molecular complexity index is 514. The number of ether oxygens (including phenoxy) is 1. The van der Waals surface area contributed by atoms with Crippen LogP contribution in [0.4, 0.5) is 0 Å². The van der Waals surface area contributed by atoms with Crippen molar-refractivity contribution in [3.63, 3.8) is 0 Å². The Kier molecular flexibility index (Phi) is 3.28. The number of hydrogen-bond acceptors (Lipinski definition) is 2. The molecule has 0 aliphatic rings. The highest BCUT2D eigenvalue weighted by Crippen LogP contribution is 2.24. The number of nitrogens with zero attached hydrogens (tertiary/aromatic N) is 1. The normalized spacial score (nSPS) is 10.2. The SMILES string of the molecule is CCOC(=O)c1cn(C)cc1-c1ccccc1. The van der Waals surface area contributed by atoms with E-state index in [-0.39, 0.29) is 5.97 Å². The minimum absolute atomic E-state index is 0.271. The number of aryl methyl sites for hydroxylation is 1. The number of benzene rings is 1. The second-order valence-electron chi connectivity index (χ2n) is 3.84. The van der Waals surface area contributed by atoms with Crippen LogP contribution in [0, 0.1) is 0 Å². The van der Waals surface area contributed by atoms with Crippen LogP contribution in [0.25, 0.3) is 11.1 Å². The van der Waals surface area contributed by atoms with Gasteiger partial charge in [-0.25, -0.2) is 4.79 Å². The summed E-state index contributed by atoms with van der Waals surface area (Å²) >= 11 is 0. The Morgan fingerprint density at radius 2 is 1.94 bits per heavy atom. The van der Waals surface area contributed by atoms with Crippen molar-refractivity contribution in [2.75, 3.05) is 6.61 Å². The van der Waals surface area contributed by atoms with E-state index in [1.54, 1.807) is 6.20 Å². The summed E-state index contributed by atoms with van der Waals surface area (Å²) in [6.45, 7) is 2.20. The number of carbonyl (C=O) groups excluding carboxylic acids is 1. The number of hydrogen-bond donors (Lipinski definition) is 0. The molecule has 0 fully saturated rings. The molecule has 0 unspecified atom stereocenters. The molecule has 0 amide bonds. The summed E-state index contributed by atoms with van der Waals surface area (Å²) < 4.78 is 6.92. The number of carbonyl (C=O) groups is 1. The average Bonchev–Trinajstić information content (AvgIpc) is 2.73. The van der Waals surface area contributed by atoms with E-state index in [0.717, 1.165) is 11.1 Å². The topological polar surface area (TPSA) is 31.2 Å². The molecule has 0 bridgehead atoms. The van der Waals surface area contributed by atoms with Gasteiger partial charge in [-0.1, -0.05) is 30.3 Å². The largest absolute Gasteiger partial charge is 0.462 e. The molecule has 1 aromatic carbocycles. The minimum atomic E-state index is -0.271. The Hall–Kier alpha value is -2.03. The summed E-state index contributed by atoms with van der Waals surface area (Å²) in [5.74, 6) is -0.271. The lowest BCUT2D eigenvalue weighted by Crippen LogP contribution is -2.04. The van der Waals surface area contributed by atoms with Crippen molar-refractivity contribution in [1.82, 2.24) is 4.57 Å². The van der Waals surface area contributed by atoms with Crippen LogP contribution in [0.15, 0.2) is 42.7 Å². The third kappa shape index (κ3) is 2.38. The number of aromatic nitrogens is 1. The van der Waals surface area contributed by atoms with Gasteiger partial charge in [0.15, 0.2) is 0 Å². The van der Waals surface area contributed by atoms with Crippen molar-refractivity contribution in [3.05, 3.63) is 48.3 Å². The first kappa shape index (κ1) is 11.5. The Balaban J connectivity index is 2.44. The highest BCUT2D eigenvalue weighted by molar-refractivity contribution is 5.97. The lowest BCUT2D eigenvalue weighted by Gasteiger charge is -2.03. The van der Waals surface area contributed by atoms with Crippen molar-refractivity contribution in [3.8, 4) is 11.1 Å². The van der Waals surface area contributed by atoms with E-state index < -0.39 is 0 Å². The van der Waals surface area contributed by atoms with Crippen LogP contribution in [0.2, 0.25) is 0 Å². The van der Waals surface area contributed by atoms with E-state index in [1.165, 1.54) is 0 Å². The fourth-order valence-electron chi connectivity index (χ4n) is 1.80. The predicted molar refractivity (Wildman–Crippen MR) is 66.8 cm³/mol. The van der Waals surface area contributed by atoms with Gasteiger partial charge in [-0.05, 0) is 12.5 Å². The van der Waals surface area contributed by atoms with E-state index >= 15 is 0 Å². The molecule has 0 aliphatic heterocycles. The van der Waals surface area contributed by atoms with Gasteiger partial charge in [-0.15, -0.1) is 0 Å². The number of esters is 1. The molecule has 1 heterocycles. The summed E-state index contributed by atoms with van der Waals surface area (Å²) in [5, 5.41) is 0. The standard InChI is InChI=1S/C14H15NO2/c1-3-17-14(16)13-10-15(2)9-12(13)11-7-5-4-6-8-11/h4-10H,3H2,1-2H3. The molecule has 0 radical (unpaired) electrons. The molecule has 17 heavy (non-hydrogen) atoms. The zero-order valence-electron chi connectivity index (χ0n) is 10.0. The van der Waals surface area contributed by atoms with Gasteiger partial charge in [0.25, 0.3) is 0 Å². The highest BCUT2D eigenvalue weighted by atomic mass is 16.5. The molecule has 0 N–H and O–H groups in total. The molecule has 0 saturated heterocycles. The van der Waals surface area contributed by atoms with Gasteiger partial charge in [-0.3, -0.25) is 0 Å². The molecular formula is C14H15NO2. The first-order chi connectivity index (χ1) is 8.22. The summed E-state index contributed by atoms with van der Waals surface area (Å²) in [6.07, 6.45) is 3.72. The highest BCUT2D eigenvalue weighted by Gasteiger charge is 2.15. The summed E-state index contributed by atoms with van der Waals surface area (Å²) in [7, 11) is 1.90. The van der Waals surface area contributed by atoms with Crippen LogP contribution >= 0.6 is 0 Å². The van der Waals surface area contributed by atoms with Gasteiger partial charge < -0.3 is 9.30 Å². The zero-order chi connectivity index (χ0) is 12.3. The fourth-order valence-corrected chi connectivity index (χ4v) is 1.80. The van der Waals surface area contributed by atoms with E-state index in [9.17, 15) is 4.79 Å². The van der Waals surface area contributed by atoms with Crippen LogP contribution < -0.4 is 0 Å². The summed E-state index contributed by atoms with van der Waals surface area (Å²) in [6, 6.07) is 9.83. The van der Waals surface area contributed by atoms with E-state index in [2.05, 4.69) is 0 Å². The average molecular weight is 229 g/mol. The quantitative estimate of drug-likeness (QED) is 0.758. The Morgan fingerprint density at radius 1 is 1.24 bits per heavy atom. The minimum Gasteiger partial charge on any atom is -0.462 e. The van der Waals surface area contributed by atoms with Crippen molar-refractivity contribution in [2.45, 2.75) is 6.92 Å². The molecular weight excluding hydrogens is 214 g/mol. The maximum absolute atomic E-state index is 11.8. The van der Waals surface area contributed by atoms with Gasteiger partial charge in [-0.2, -0.15) is 0 Å². The zero-order valence-corrected chi connectivity index (χ0v) is 10.0. The van der Waals surface area contributed by atoms with Crippen LogP contribution in [0.1, 0.15) is 17.3 Å². The smallest absolute Gasteiger partial charge is 0.340 e. The molecule has 0 spiro atoms. The molecule has 2 aromatic rings. The number of rotatable bonds is 3. The molecule has 2 rings (SSSR count). The second kappa shape index (κ2) is 4.87. The molecule has 1 aromatic heterocycles. The molecule has 88 valence electrons. The molecule has 3 heteroatoms. The van der Waals surface area contributed by atoms with Gasteiger partial charge in [0, 0.05) is 25.0 Å². The Labute approximate surface area is 101 Å². The van der Waals surface area contributed by atoms with Gasteiger partial charge in [0.1, 0.15) is 0 Å².